The van der Waals surface area contributed by atoms with Crippen LogP contribution in [-0.4, -0.2) is 46.2 Å². The normalized spacial score (nSPS) is 27.5. The Hall–Kier alpha value is 0.270. The highest BCUT2D eigenvalue weighted by Gasteiger charge is 2.24. The van der Waals surface area contributed by atoms with Gasteiger partial charge in [-0.15, -0.1) is 0 Å². The number of aliphatic hydroxyl groups is 1. The molecule has 0 amide bonds. The van der Waals surface area contributed by atoms with Crippen molar-refractivity contribution in [1.82, 2.24) is 4.90 Å². The monoisotopic (exact) mass is 189 g/mol. The molecule has 1 rings (SSSR count). The van der Waals surface area contributed by atoms with Crippen LogP contribution in [0.1, 0.15) is 20.8 Å². The van der Waals surface area contributed by atoms with Gasteiger partial charge in [-0.05, 0) is 20.8 Å². The minimum atomic E-state index is -0.545. The standard InChI is InChI=1S/C9H19NOS/c1-8-6-12-5-4-10(8)7-9(2,3)11/h8,11H,4-7H2,1-3H3. The molecule has 0 radical (unpaired) electrons. The molecule has 0 aliphatic carbocycles. The van der Waals surface area contributed by atoms with Crippen LogP contribution >= 0.6 is 11.8 Å². The van der Waals surface area contributed by atoms with E-state index in [-0.39, 0.29) is 0 Å². The zero-order valence-electron chi connectivity index (χ0n) is 8.21. The van der Waals surface area contributed by atoms with Crippen LogP contribution < -0.4 is 0 Å². The summed E-state index contributed by atoms with van der Waals surface area (Å²) in [7, 11) is 0. The van der Waals surface area contributed by atoms with Gasteiger partial charge >= 0.3 is 0 Å². The Balaban J connectivity index is 2.39. The smallest absolute Gasteiger partial charge is 0.0718 e. The lowest BCUT2D eigenvalue weighted by Crippen LogP contribution is -2.47. The molecule has 0 saturated carbocycles. The summed E-state index contributed by atoms with van der Waals surface area (Å²) in [5, 5.41) is 9.64. The van der Waals surface area contributed by atoms with Gasteiger partial charge in [0.1, 0.15) is 0 Å². The van der Waals surface area contributed by atoms with E-state index in [0.29, 0.717) is 6.04 Å². The van der Waals surface area contributed by atoms with Crippen molar-refractivity contribution < 1.29 is 5.11 Å². The van der Waals surface area contributed by atoms with Crippen molar-refractivity contribution in [3.05, 3.63) is 0 Å². The minimum Gasteiger partial charge on any atom is -0.389 e. The number of rotatable bonds is 2. The van der Waals surface area contributed by atoms with Crippen LogP contribution in [0.3, 0.4) is 0 Å². The van der Waals surface area contributed by atoms with Gasteiger partial charge in [-0.25, -0.2) is 0 Å². The fourth-order valence-corrected chi connectivity index (χ4v) is 2.58. The Morgan fingerprint density at radius 2 is 2.25 bits per heavy atom. The summed E-state index contributed by atoms with van der Waals surface area (Å²) in [5.41, 5.74) is -0.545. The van der Waals surface area contributed by atoms with E-state index >= 15 is 0 Å². The molecule has 1 heterocycles. The topological polar surface area (TPSA) is 23.5 Å². The number of hydrogen-bond acceptors (Lipinski definition) is 3. The van der Waals surface area contributed by atoms with Crippen LogP contribution in [0.25, 0.3) is 0 Å². The highest BCUT2D eigenvalue weighted by molar-refractivity contribution is 7.99. The lowest BCUT2D eigenvalue weighted by atomic mass is 10.1. The van der Waals surface area contributed by atoms with E-state index in [0.717, 1.165) is 13.1 Å². The molecule has 1 aliphatic rings. The van der Waals surface area contributed by atoms with E-state index in [1.807, 2.05) is 25.6 Å². The summed E-state index contributed by atoms with van der Waals surface area (Å²) >= 11 is 2.01. The average Bonchev–Trinajstić information content (AvgIpc) is 1.91. The molecule has 0 aromatic rings. The molecule has 0 aromatic heterocycles. The average molecular weight is 189 g/mol. The van der Waals surface area contributed by atoms with Gasteiger partial charge in [-0.1, -0.05) is 0 Å². The van der Waals surface area contributed by atoms with Gasteiger partial charge < -0.3 is 5.11 Å². The molecule has 72 valence electrons. The molecule has 1 saturated heterocycles. The minimum absolute atomic E-state index is 0.545. The van der Waals surface area contributed by atoms with Crippen molar-refractivity contribution in [3.63, 3.8) is 0 Å². The van der Waals surface area contributed by atoms with E-state index in [4.69, 9.17) is 0 Å². The van der Waals surface area contributed by atoms with E-state index < -0.39 is 5.60 Å². The van der Waals surface area contributed by atoms with Crippen molar-refractivity contribution in [2.75, 3.05) is 24.6 Å². The molecule has 1 aliphatic heterocycles. The fourth-order valence-electron chi connectivity index (χ4n) is 1.49. The lowest BCUT2D eigenvalue weighted by molar-refractivity contribution is 0.0277. The molecule has 12 heavy (non-hydrogen) atoms. The fraction of sp³-hybridized carbons (Fsp3) is 1.00. The predicted molar refractivity (Wildman–Crippen MR) is 54.7 cm³/mol. The van der Waals surface area contributed by atoms with Gasteiger partial charge in [0.15, 0.2) is 0 Å². The van der Waals surface area contributed by atoms with E-state index in [1.54, 1.807) is 0 Å². The second kappa shape index (κ2) is 3.99. The quantitative estimate of drug-likeness (QED) is 0.706. The third kappa shape index (κ3) is 3.33. The first-order valence-electron chi connectivity index (χ1n) is 4.53. The first-order chi connectivity index (χ1) is 5.49. The Bertz CT molecular complexity index is 144. The van der Waals surface area contributed by atoms with Crippen molar-refractivity contribution in [1.29, 1.82) is 0 Å². The largest absolute Gasteiger partial charge is 0.389 e. The lowest BCUT2D eigenvalue weighted by Gasteiger charge is -2.36. The number of thioether (sulfide) groups is 1. The summed E-state index contributed by atoms with van der Waals surface area (Å²) in [6, 6.07) is 0.621. The molecular formula is C9H19NOS. The van der Waals surface area contributed by atoms with Crippen molar-refractivity contribution in [3.8, 4) is 0 Å². The Labute approximate surface area is 79.3 Å². The molecular weight excluding hydrogens is 170 g/mol. The van der Waals surface area contributed by atoms with E-state index in [2.05, 4.69) is 11.8 Å². The van der Waals surface area contributed by atoms with Crippen LogP contribution in [0.15, 0.2) is 0 Å². The van der Waals surface area contributed by atoms with Gasteiger partial charge in [0, 0.05) is 30.6 Å². The summed E-state index contributed by atoms with van der Waals surface area (Å²) in [6.07, 6.45) is 0. The second-order valence-electron chi connectivity index (χ2n) is 4.21. The zero-order valence-corrected chi connectivity index (χ0v) is 9.02. The van der Waals surface area contributed by atoms with Crippen molar-refractivity contribution >= 4 is 11.8 Å². The number of hydrogen-bond donors (Lipinski definition) is 1. The summed E-state index contributed by atoms with van der Waals surface area (Å²) in [5.74, 6) is 2.41. The van der Waals surface area contributed by atoms with Crippen LogP contribution in [-0.2, 0) is 0 Å². The molecule has 1 N–H and O–H groups in total. The van der Waals surface area contributed by atoms with Crippen LogP contribution in [0.4, 0.5) is 0 Å². The summed E-state index contributed by atoms with van der Waals surface area (Å²) in [6.45, 7) is 7.91. The molecule has 1 atom stereocenters. The molecule has 0 bridgehead atoms. The molecule has 2 nitrogen and oxygen atoms in total. The summed E-state index contributed by atoms with van der Waals surface area (Å²) < 4.78 is 0. The van der Waals surface area contributed by atoms with Gasteiger partial charge in [0.25, 0.3) is 0 Å². The zero-order chi connectivity index (χ0) is 9.19. The van der Waals surface area contributed by atoms with Gasteiger partial charge in [0.2, 0.25) is 0 Å². The highest BCUT2D eigenvalue weighted by atomic mass is 32.2. The van der Waals surface area contributed by atoms with Gasteiger partial charge in [-0.2, -0.15) is 11.8 Å². The first-order valence-corrected chi connectivity index (χ1v) is 5.69. The predicted octanol–water partition coefficient (Wildman–Crippen LogP) is 1.19. The Morgan fingerprint density at radius 1 is 1.58 bits per heavy atom. The Kier molecular flexibility index (Phi) is 3.44. The van der Waals surface area contributed by atoms with Crippen LogP contribution in [0.5, 0.6) is 0 Å². The SMILES string of the molecule is CC1CSCCN1CC(C)(C)O. The van der Waals surface area contributed by atoms with Gasteiger partial charge in [-0.3, -0.25) is 4.90 Å². The maximum Gasteiger partial charge on any atom is 0.0718 e. The Morgan fingerprint density at radius 3 is 2.75 bits per heavy atom. The molecule has 0 aromatic carbocycles. The van der Waals surface area contributed by atoms with E-state index in [1.165, 1.54) is 11.5 Å². The maximum absolute atomic E-state index is 9.64. The van der Waals surface area contributed by atoms with Crippen LogP contribution in [0, 0.1) is 0 Å². The number of β-amino-alcohol motifs (C(OH)–C–C–N with tert-alkyl or cyclic N) is 1. The third-order valence-corrected chi connectivity index (χ3v) is 3.28. The van der Waals surface area contributed by atoms with Gasteiger partial charge in [0.05, 0.1) is 5.60 Å². The van der Waals surface area contributed by atoms with E-state index in [9.17, 15) is 5.11 Å². The summed E-state index contributed by atoms with van der Waals surface area (Å²) in [4.78, 5) is 2.37. The van der Waals surface area contributed by atoms with Crippen LogP contribution in [0.2, 0.25) is 0 Å². The highest BCUT2D eigenvalue weighted by Crippen LogP contribution is 2.18. The second-order valence-corrected chi connectivity index (χ2v) is 5.36. The third-order valence-electron chi connectivity index (χ3n) is 2.10. The maximum atomic E-state index is 9.64. The van der Waals surface area contributed by atoms with Crippen molar-refractivity contribution in [2.24, 2.45) is 0 Å². The molecule has 0 spiro atoms. The molecule has 1 fully saturated rings. The molecule has 3 heteroatoms. The molecule has 1 unspecified atom stereocenters. The van der Waals surface area contributed by atoms with Crippen molar-refractivity contribution in [2.45, 2.75) is 32.4 Å². The first kappa shape index (κ1) is 10.4. The number of nitrogens with zero attached hydrogens (tertiary/aromatic N) is 1.